The summed E-state index contributed by atoms with van der Waals surface area (Å²) in [5.41, 5.74) is 3.01. The van der Waals surface area contributed by atoms with E-state index in [4.69, 9.17) is 15.3 Å². The summed E-state index contributed by atoms with van der Waals surface area (Å²) in [6, 6.07) is -1.28. The van der Waals surface area contributed by atoms with Crippen molar-refractivity contribution < 1.29 is 68.3 Å². The van der Waals surface area contributed by atoms with Gasteiger partial charge in [0, 0.05) is 5.38 Å². The van der Waals surface area contributed by atoms with Crippen molar-refractivity contribution in [2.45, 2.75) is 30.4 Å². The molecule has 16 heteroatoms. The van der Waals surface area contributed by atoms with Crippen molar-refractivity contribution in [2.24, 2.45) is 5.16 Å². The van der Waals surface area contributed by atoms with Gasteiger partial charge in [-0.15, -0.1) is 11.3 Å². The number of hydrogen-bond acceptors (Lipinski definition) is 13. The Morgan fingerprint density at radius 1 is 1.53 bits per heavy atom. The van der Waals surface area contributed by atoms with E-state index in [2.05, 4.69) is 20.3 Å². The van der Waals surface area contributed by atoms with Crippen molar-refractivity contribution >= 4 is 57.7 Å². The Labute approximate surface area is 212 Å². The molecular formula is C16H18N5NaO8S2. The van der Waals surface area contributed by atoms with E-state index < -0.39 is 47.4 Å². The molecule has 3 atom stereocenters. The number of carboxylic acids is 1. The fourth-order valence-corrected chi connectivity index (χ4v) is 4.75. The molecule has 3 heterocycles. The van der Waals surface area contributed by atoms with Gasteiger partial charge in [-0.05, 0) is 5.75 Å². The number of cyclic esters (lactones) is 1. The molecule has 0 radical (unpaired) electrons. The summed E-state index contributed by atoms with van der Waals surface area (Å²) in [6.07, 6.45) is -0.244. The number of nitrogens with one attached hydrogen (secondary N) is 1. The molecule has 0 saturated carbocycles. The zero-order valence-electron chi connectivity index (χ0n) is 17.4. The molecule has 3 N–H and O–H groups in total. The first-order valence-electron chi connectivity index (χ1n) is 8.89. The summed E-state index contributed by atoms with van der Waals surface area (Å²) in [5, 5.41) is 19.2. The molecule has 2 fully saturated rings. The third kappa shape index (κ3) is 4.87. The zero-order chi connectivity index (χ0) is 22.8. The van der Waals surface area contributed by atoms with Crippen molar-refractivity contribution in [1.29, 1.82) is 0 Å². The number of nitrogens with zero attached hydrogens (tertiary/aromatic N) is 3. The van der Waals surface area contributed by atoms with Crippen LogP contribution in [0.2, 0.25) is 0 Å². The number of esters is 1. The maximum absolute atomic E-state index is 12.9. The van der Waals surface area contributed by atoms with Gasteiger partial charge < -0.3 is 30.5 Å². The number of thioether (sulfide) groups is 1. The monoisotopic (exact) mass is 495 g/mol. The van der Waals surface area contributed by atoms with Gasteiger partial charge in [-0.25, -0.2) is 4.98 Å². The third-order valence-corrected chi connectivity index (χ3v) is 6.25. The predicted molar refractivity (Wildman–Crippen MR) is 105 cm³/mol. The van der Waals surface area contributed by atoms with Crippen LogP contribution in [0.3, 0.4) is 0 Å². The second-order valence-corrected chi connectivity index (χ2v) is 8.62. The summed E-state index contributed by atoms with van der Waals surface area (Å²) >= 11 is 2.18. The number of carbonyl (C=O) groups excluding carboxylic acids is 4. The zero-order valence-corrected chi connectivity index (χ0v) is 21.0. The van der Waals surface area contributed by atoms with Gasteiger partial charge in [0.1, 0.15) is 31.4 Å². The van der Waals surface area contributed by atoms with E-state index in [0.717, 1.165) is 23.1 Å². The molecule has 13 nitrogen and oxygen atoms in total. The fraction of sp³-hybridized carbons (Fsp3) is 0.500. The van der Waals surface area contributed by atoms with Crippen LogP contribution >= 0.6 is 23.1 Å². The summed E-state index contributed by atoms with van der Waals surface area (Å²) < 4.78 is 5.02. The smallest absolute Gasteiger partial charge is 0.544 e. The van der Waals surface area contributed by atoms with E-state index in [9.17, 15) is 24.3 Å². The molecule has 168 valence electrons. The Balaban J connectivity index is 0.00000363. The average Bonchev–Trinajstić information content (AvgIpc) is 3.39. The van der Waals surface area contributed by atoms with Gasteiger partial charge in [-0.2, -0.15) is 16.8 Å². The maximum atomic E-state index is 12.9. The number of aromatic nitrogens is 1. The number of ether oxygens (including phenoxy) is 1. The molecule has 32 heavy (non-hydrogen) atoms. The van der Waals surface area contributed by atoms with Crippen LogP contribution < -0.4 is 45.7 Å². The van der Waals surface area contributed by atoms with Crippen LogP contribution in [0.5, 0.6) is 0 Å². The van der Waals surface area contributed by atoms with Crippen LogP contribution in [0.1, 0.15) is 19.0 Å². The van der Waals surface area contributed by atoms with Crippen molar-refractivity contribution in [1.82, 2.24) is 15.4 Å². The van der Waals surface area contributed by atoms with Gasteiger partial charge in [0.25, 0.3) is 17.5 Å². The van der Waals surface area contributed by atoms with E-state index in [1.165, 1.54) is 12.5 Å². The van der Waals surface area contributed by atoms with Crippen LogP contribution in [0.4, 0.5) is 5.13 Å². The quantitative estimate of drug-likeness (QED) is 0.152. The molecule has 2 aliphatic rings. The Morgan fingerprint density at radius 2 is 2.25 bits per heavy atom. The molecular weight excluding hydrogens is 477 g/mol. The summed E-state index contributed by atoms with van der Waals surface area (Å²) in [5.74, 6) is -3.92. The average molecular weight is 495 g/mol. The number of nitrogen functional groups attached to an aromatic ring is 1. The normalized spacial score (nSPS) is 25.3. The number of carboxylic acid groups (broad SMARTS) is 1. The second-order valence-electron chi connectivity index (χ2n) is 6.25. The van der Waals surface area contributed by atoms with Gasteiger partial charge in [-0.1, -0.05) is 12.1 Å². The summed E-state index contributed by atoms with van der Waals surface area (Å²) in [7, 11) is 1.22. The van der Waals surface area contributed by atoms with Gasteiger partial charge in [0.2, 0.25) is 0 Å². The molecule has 1 aromatic heterocycles. The topological polar surface area (TPSA) is 186 Å². The predicted octanol–water partition coefficient (Wildman–Crippen LogP) is -5.15. The van der Waals surface area contributed by atoms with E-state index in [-0.39, 0.29) is 52.5 Å². The van der Waals surface area contributed by atoms with Crippen LogP contribution in [-0.2, 0) is 33.6 Å². The first kappa shape index (κ1) is 26.3. The standard InChI is InChI=1S/C16H19N5O8S2.Na/c1-3-30-9-4-10(22)29-16(9,14(25)26)21-13(24)7(5-28-21)18-12(23)11(20-27-2)8-6-31-15(17)19-8;/h6-7,9H,3-5H2,1-2H3,(H2,17,19)(H,18,23)(H,25,26);/q;+1/p-1/b20-11-;/t7-,9?,16?;/m0./s1. The van der Waals surface area contributed by atoms with Gasteiger partial charge in [0.05, 0.1) is 11.7 Å². The molecule has 0 bridgehead atoms. The molecule has 2 saturated heterocycles. The molecule has 2 amide bonds. The third-order valence-electron chi connectivity index (χ3n) is 4.36. The molecule has 2 aliphatic heterocycles. The largest absolute Gasteiger partial charge is 1.00 e. The fourth-order valence-electron chi connectivity index (χ4n) is 3.08. The summed E-state index contributed by atoms with van der Waals surface area (Å²) in [4.78, 5) is 63.3. The number of hydroxylamine groups is 2. The molecule has 1 aromatic rings. The number of carbonyl (C=O) groups is 4. The number of thiazole rings is 1. The van der Waals surface area contributed by atoms with Crippen molar-refractivity contribution in [3.05, 3.63) is 11.1 Å². The number of oxime groups is 1. The van der Waals surface area contributed by atoms with Gasteiger partial charge in [0.15, 0.2) is 10.8 Å². The number of rotatable bonds is 8. The Morgan fingerprint density at radius 3 is 2.81 bits per heavy atom. The molecule has 3 rings (SSSR count). The minimum atomic E-state index is -2.44. The molecule has 2 unspecified atom stereocenters. The number of nitrogens with two attached hydrogens (primary N) is 1. The second kappa shape index (κ2) is 10.8. The molecule has 0 spiro atoms. The number of hydrogen-bond donors (Lipinski definition) is 2. The molecule has 0 aromatic carbocycles. The summed E-state index contributed by atoms with van der Waals surface area (Å²) in [6.45, 7) is 1.35. The number of anilines is 1. The van der Waals surface area contributed by atoms with Gasteiger partial charge >= 0.3 is 35.5 Å². The van der Waals surface area contributed by atoms with Crippen LogP contribution in [0.15, 0.2) is 10.5 Å². The van der Waals surface area contributed by atoms with E-state index >= 15 is 0 Å². The van der Waals surface area contributed by atoms with E-state index in [0.29, 0.717) is 10.8 Å². The maximum Gasteiger partial charge on any atom is 1.00 e. The van der Waals surface area contributed by atoms with Crippen LogP contribution in [-0.4, -0.2) is 76.0 Å². The number of amides is 2. The molecule has 0 aliphatic carbocycles. The van der Waals surface area contributed by atoms with E-state index in [1.54, 1.807) is 6.92 Å². The minimum absolute atomic E-state index is 0. The Kier molecular flexibility index (Phi) is 8.90. The Hall–Kier alpha value is -1.91. The first-order valence-corrected chi connectivity index (χ1v) is 10.8. The van der Waals surface area contributed by atoms with Crippen molar-refractivity contribution in [2.75, 3.05) is 25.2 Å². The van der Waals surface area contributed by atoms with Crippen LogP contribution in [0, 0.1) is 0 Å². The van der Waals surface area contributed by atoms with Crippen molar-refractivity contribution in [3.63, 3.8) is 0 Å². The SMILES string of the molecule is CCSC1CC(=O)OC1(C(=O)[O-])N1OC[C@H](NC(=O)/C(=N\OC)c2csc(N)n2)C1=O.[Na+]. The Bertz CT molecular complexity index is 943. The van der Waals surface area contributed by atoms with E-state index in [1.807, 2.05) is 0 Å². The van der Waals surface area contributed by atoms with Crippen LogP contribution in [0.25, 0.3) is 0 Å². The van der Waals surface area contributed by atoms with Crippen molar-refractivity contribution in [3.8, 4) is 0 Å². The number of aliphatic carboxylic acids is 1. The minimum Gasteiger partial charge on any atom is -0.544 e. The van der Waals surface area contributed by atoms with Gasteiger partial charge in [-0.3, -0.25) is 19.2 Å². The first-order chi connectivity index (χ1) is 14.7.